The Morgan fingerprint density at radius 1 is 0.839 bits per heavy atom. The number of carboxylic acids is 1. The largest absolute Gasteiger partial charge is 0.480 e. The second-order valence-electron chi connectivity index (χ2n) is 6.87. The van der Waals surface area contributed by atoms with Crippen molar-refractivity contribution in [3.05, 3.63) is 0 Å². The van der Waals surface area contributed by atoms with Crippen LogP contribution in [0.2, 0.25) is 0 Å². The van der Waals surface area contributed by atoms with Crippen LogP contribution in [0.4, 0.5) is 0 Å². The van der Waals surface area contributed by atoms with Gasteiger partial charge < -0.3 is 32.5 Å². The van der Waals surface area contributed by atoms with Gasteiger partial charge in [0.25, 0.3) is 0 Å². The number of rotatable bonds is 16. The van der Waals surface area contributed by atoms with Crippen LogP contribution in [0, 0.1) is 0 Å². The normalized spacial score (nSPS) is 14.6. The summed E-state index contributed by atoms with van der Waals surface area (Å²) in [6, 6.07) is -4.10. The lowest BCUT2D eigenvalue weighted by atomic mass is 10.1. The third-order valence-electron chi connectivity index (χ3n) is 4.26. The molecular formula is C18H33N5O6S2. The monoisotopic (exact) mass is 479 g/mol. The fourth-order valence-corrected chi connectivity index (χ4v) is 3.34. The summed E-state index contributed by atoms with van der Waals surface area (Å²) in [5.41, 5.74) is 10.9. The summed E-state index contributed by atoms with van der Waals surface area (Å²) >= 11 is 2.97. The van der Waals surface area contributed by atoms with E-state index in [1.165, 1.54) is 30.4 Å². The predicted octanol–water partition coefficient (Wildman–Crippen LogP) is -1.36. The number of carbonyl (C=O) groups is 5. The molecule has 0 radical (unpaired) electrons. The van der Waals surface area contributed by atoms with Crippen LogP contribution < -0.4 is 27.4 Å². The molecule has 0 aliphatic carbocycles. The van der Waals surface area contributed by atoms with Crippen molar-refractivity contribution in [1.29, 1.82) is 0 Å². The third-order valence-corrected chi connectivity index (χ3v) is 5.55. The zero-order valence-electron chi connectivity index (χ0n) is 18.0. The number of hydrogen-bond acceptors (Lipinski definition) is 8. The van der Waals surface area contributed by atoms with E-state index in [2.05, 4.69) is 16.0 Å². The molecule has 0 aliphatic heterocycles. The summed E-state index contributed by atoms with van der Waals surface area (Å²) in [5.74, 6) is -2.57. The van der Waals surface area contributed by atoms with Crippen LogP contribution in [0.15, 0.2) is 0 Å². The van der Waals surface area contributed by atoms with E-state index in [1.807, 2.05) is 12.5 Å². The average Bonchev–Trinajstić information content (AvgIpc) is 2.71. The van der Waals surface area contributed by atoms with Gasteiger partial charge in [-0.15, -0.1) is 0 Å². The highest BCUT2D eigenvalue weighted by atomic mass is 32.2. The molecule has 0 aromatic rings. The molecule has 0 aromatic carbocycles. The number of thioether (sulfide) groups is 2. The SMILES string of the molecule is CSCCC(N)C(=O)NC(CCC(N)=O)C(=O)NC(C)C(=O)NC(CCSC)C(=O)O. The van der Waals surface area contributed by atoms with E-state index in [4.69, 9.17) is 11.5 Å². The average molecular weight is 480 g/mol. The number of carboxylic acid groups (broad SMARTS) is 1. The number of carbonyl (C=O) groups excluding carboxylic acids is 4. The van der Waals surface area contributed by atoms with Crippen molar-refractivity contribution in [3.63, 3.8) is 0 Å². The standard InChI is InChI=1S/C18H33N5O6S2/c1-10(15(25)23-13(18(28)29)7-9-31-3)21-17(27)12(4-5-14(20)24)22-16(26)11(19)6-8-30-2/h10-13H,4-9,19H2,1-3H3,(H2,20,24)(H,21,27)(H,22,26)(H,23,25)(H,28,29). The lowest BCUT2D eigenvalue weighted by Crippen LogP contribution is -2.56. The minimum absolute atomic E-state index is 0.0675. The van der Waals surface area contributed by atoms with Crippen molar-refractivity contribution in [1.82, 2.24) is 16.0 Å². The molecule has 0 aromatic heterocycles. The molecule has 0 rings (SSSR count). The molecule has 4 unspecified atom stereocenters. The van der Waals surface area contributed by atoms with Gasteiger partial charge in [-0.3, -0.25) is 19.2 Å². The summed E-state index contributed by atoms with van der Waals surface area (Å²) in [6.07, 6.45) is 4.10. The summed E-state index contributed by atoms with van der Waals surface area (Å²) < 4.78 is 0. The quantitative estimate of drug-likeness (QED) is 0.155. The highest BCUT2D eigenvalue weighted by molar-refractivity contribution is 7.98. The summed E-state index contributed by atoms with van der Waals surface area (Å²) in [6.45, 7) is 1.39. The molecule has 31 heavy (non-hydrogen) atoms. The Bertz CT molecular complexity index is 637. The molecule has 4 amide bonds. The summed E-state index contributed by atoms with van der Waals surface area (Å²) in [4.78, 5) is 59.6. The molecule has 0 saturated carbocycles. The first kappa shape index (κ1) is 29.0. The van der Waals surface area contributed by atoms with Gasteiger partial charge in [0, 0.05) is 6.42 Å². The lowest BCUT2D eigenvalue weighted by Gasteiger charge is -2.23. The maximum atomic E-state index is 12.6. The molecule has 0 spiro atoms. The molecule has 0 fully saturated rings. The zero-order valence-corrected chi connectivity index (χ0v) is 19.6. The maximum absolute atomic E-state index is 12.6. The van der Waals surface area contributed by atoms with E-state index in [0.717, 1.165) is 0 Å². The van der Waals surface area contributed by atoms with Crippen molar-refractivity contribution in [2.45, 2.75) is 56.8 Å². The smallest absolute Gasteiger partial charge is 0.326 e. The van der Waals surface area contributed by atoms with Gasteiger partial charge in [-0.2, -0.15) is 23.5 Å². The van der Waals surface area contributed by atoms with E-state index < -0.39 is 53.8 Å². The minimum Gasteiger partial charge on any atom is -0.480 e. The Morgan fingerprint density at radius 2 is 1.39 bits per heavy atom. The fourth-order valence-electron chi connectivity index (χ4n) is 2.38. The van der Waals surface area contributed by atoms with Crippen LogP contribution in [-0.2, 0) is 24.0 Å². The number of nitrogens with one attached hydrogen (secondary N) is 3. The Balaban J connectivity index is 5.04. The topological polar surface area (TPSA) is 194 Å². The van der Waals surface area contributed by atoms with Crippen LogP contribution >= 0.6 is 23.5 Å². The molecule has 178 valence electrons. The first-order valence-electron chi connectivity index (χ1n) is 9.69. The summed E-state index contributed by atoms with van der Waals surface area (Å²) in [7, 11) is 0. The number of primary amides is 1. The molecule has 0 saturated heterocycles. The molecule has 13 heteroatoms. The van der Waals surface area contributed by atoms with E-state index in [-0.39, 0.29) is 19.3 Å². The molecule has 0 aliphatic rings. The van der Waals surface area contributed by atoms with Crippen molar-refractivity contribution >= 4 is 53.1 Å². The van der Waals surface area contributed by atoms with Gasteiger partial charge in [0.2, 0.25) is 23.6 Å². The van der Waals surface area contributed by atoms with Gasteiger partial charge in [-0.1, -0.05) is 0 Å². The highest BCUT2D eigenvalue weighted by Crippen LogP contribution is 2.04. The van der Waals surface area contributed by atoms with Gasteiger partial charge in [-0.25, -0.2) is 4.79 Å². The molecule has 11 nitrogen and oxygen atoms in total. The Morgan fingerprint density at radius 3 is 1.90 bits per heavy atom. The Labute approximate surface area is 190 Å². The van der Waals surface area contributed by atoms with E-state index in [1.54, 1.807) is 0 Å². The van der Waals surface area contributed by atoms with Crippen molar-refractivity contribution < 1.29 is 29.1 Å². The first-order chi connectivity index (χ1) is 14.5. The van der Waals surface area contributed by atoms with Gasteiger partial charge in [0.1, 0.15) is 18.1 Å². The van der Waals surface area contributed by atoms with Crippen LogP contribution in [0.3, 0.4) is 0 Å². The fraction of sp³-hybridized carbons (Fsp3) is 0.722. The van der Waals surface area contributed by atoms with Crippen molar-refractivity contribution in [3.8, 4) is 0 Å². The first-order valence-corrected chi connectivity index (χ1v) is 12.5. The minimum atomic E-state index is -1.17. The Kier molecular flexibility index (Phi) is 14.7. The predicted molar refractivity (Wildman–Crippen MR) is 122 cm³/mol. The summed E-state index contributed by atoms with van der Waals surface area (Å²) in [5, 5.41) is 16.5. The van der Waals surface area contributed by atoms with Crippen LogP contribution in [0.25, 0.3) is 0 Å². The van der Waals surface area contributed by atoms with Gasteiger partial charge in [0.05, 0.1) is 6.04 Å². The van der Waals surface area contributed by atoms with Crippen molar-refractivity contribution in [2.75, 3.05) is 24.0 Å². The Hall–Kier alpha value is -1.99. The zero-order chi connectivity index (χ0) is 24.0. The van der Waals surface area contributed by atoms with Gasteiger partial charge >= 0.3 is 5.97 Å². The van der Waals surface area contributed by atoms with Crippen LogP contribution in [0.1, 0.15) is 32.6 Å². The molecule has 0 bridgehead atoms. The van der Waals surface area contributed by atoms with E-state index in [0.29, 0.717) is 17.9 Å². The molecule has 8 N–H and O–H groups in total. The number of hydrogen-bond donors (Lipinski definition) is 6. The highest BCUT2D eigenvalue weighted by Gasteiger charge is 2.28. The van der Waals surface area contributed by atoms with E-state index in [9.17, 15) is 29.1 Å². The number of nitrogens with two attached hydrogens (primary N) is 2. The van der Waals surface area contributed by atoms with E-state index >= 15 is 0 Å². The lowest BCUT2D eigenvalue weighted by molar-refractivity contribution is -0.142. The molecular weight excluding hydrogens is 446 g/mol. The molecule has 0 heterocycles. The van der Waals surface area contributed by atoms with Gasteiger partial charge in [-0.05, 0) is 50.2 Å². The number of amides is 4. The van der Waals surface area contributed by atoms with Crippen molar-refractivity contribution in [2.24, 2.45) is 11.5 Å². The molecule has 4 atom stereocenters. The second kappa shape index (κ2) is 15.8. The van der Waals surface area contributed by atoms with Crippen LogP contribution in [-0.4, -0.2) is 82.9 Å². The van der Waals surface area contributed by atoms with Gasteiger partial charge in [0.15, 0.2) is 0 Å². The van der Waals surface area contributed by atoms with Crippen LogP contribution in [0.5, 0.6) is 0 Å². The third kappa shape index (κ3) is 12.5. The second-order valence-corrected chi connectivity index (χ2v) is 8.84. The maximum Gasteiger partial charge on any atom is 0.326 e. The number of aliphatic carboxylic acids is 1.